The van der Waals surface area contributed by atoms with Crippen molar-refractivity contribution in [2.24, 2.45) is 0 Å². The summed E-state index contributed by atoms with van der Waals surface area (Å²) in [6, 6.07) is 15.8. The summed E-state index contributed by atoms with van der Waals surface area (Å²) in [7, 11) is 0. The molecule has 0 aliphatic carbocycles. The van der Waals surface area contributed by atoms with Gasteiger partial charge in [-0.25, -0.2) is 0 Å². The Hall–Kier alpha value is -3.45. The fraction of sp³-hybridized carbons (Fsp3) is 0.174. The topological polar surface area (TPSA) is 72.7 Å². The Labute approximate surface area is 176 Å². The van der Waals surface area contributed by atoms with E-state index in [0.717, 1.165) is 16.9 Å². The minimum atomic E-state index is -0.337. The van der Waals surface area contributed by atoms with Gasteiger partial charge in [-0.05, 0) is 30.2 Å². The van der Waals surface area contributed by atoms with Gasteiger partial charge < -0.3 is 10.1 Å². The van der Waals surface area contributed by atoms with Crippen LogP contribution in [0.2, 0.25) is 0 Å². The predicted octanol–water partition coefficient (Wildman–Crippen LogP) is 4.12. The Balaban J connectivity index is 1.44. The Morgan fingerprint density at radius 1 is 1.20 bits per heavy atom. The van der Waals surface area contributed by atoms with Crippen LogP contribution in [-0.4, -0.2) is 15.3 Å². The Morgan fingerprint density at radius 3 is 2.83 bits per heavy atom. The van der Waals surface area contributed by atoms with E-state index in [2.05, 4.69) is 29.4 Å². The lowest BCUT2D eigenvalue weighted by Crippen LogP contribution is -2.31. The van der Waals surface area contributed by atoms with E-state index < -0.39 is 0 Å². The average Bonchev–Trinajstić information content (AvgIpc) is 3.21. The first-order valence-corrected chi connectivity index (χ1v) is 10.5. The first-order valence-electron chi connectivity index (χ1n) is 9.66. The first kappa shape index (κ1) is 18.6. The van der Waals surface area contributed by atoms with Crippen LogP contribution in [0.15, 0.2) is 64.9 Å². The lowest BCUT2D eigenvalue weighted by Gasteiger charge is -2.25. The number of nitrogens with one attached hydrogen (secondary N) is 1. The normalized spacial score (nSPS) is 15.6. The molecule has 0 bridgehead atoms. The van der Waals surface area contributed by atoms with Crippen molar-refractivity contribution in [1.82, 2.24) is 9.38 Å². The minimum Gasteiger partial charge on any atom is -0.489 e. The number of benzene rings is 2. The standard InChI is InChI=1S/C23H19N3O3S/c1-14-3-2-4-15(11-14)13-29-17-7-5-16(6-8-17)18-12-19(27)24-21-20(18)22(28)25-23-26(21)9-10-30-23/h2-11,18H,12-13H2,1H3,(H,24,27)/t18-/m1/s1. The molecule has 0 saturated carbocycles. The van der Waals surface area contributed by atoms with Gasteiger partial charge in [0.05, 0.1) is 5.56 Å². The summed E-state index contributed by atoms with van der Waals surface area (Å²) in [5.74, 6) is 0.811. The second kappa shape index (κ2) is 7.42. The summed E-state index contributed by atoms with van der Waals surface area (Å²) in [5, 5.41) is 4.70. The van der Waals surface area contributed by atoms with Gasteiger partial charge in [0.1, 0.15) is 18.2 Å². The van der Waals surface area contributed by atoms with Crippen molar-refractivity contribution in [2.75, 3.05) is 5.32 Å². The fourth-order valence-electron chi connectivity index (χ4n) is 3.86. The molecule has 1 atom stereocenters. The highest BCUT2D eigenvalue weighted by atomic mass is 32.1. The van der Waals surface area contributed by atoms with Gasteiger partial charge in [0.25, 0.3) is 5.56 Å². The zero-order chi connectivity index (χ0) is 20.7. The van der Waals surface area contributed by atoms with Crippen LogP contribution in [0.3, 0.4) is 0 Å². The first-order chi connectivity index (χ1) is 14.6. The number of aromatic nitrogens is 2. The van der Waals surface area contributed by atoms with Gasteiger partial charge in [-0.15, -0.1) is 11.3 Å². The van der Waals surface area contributed by atoms with E-state index in [0.29, 0.717) is 22.9 Å². The highest BCUT2D eigenvalue weighted by Gasteiger charge is 2.31. The van der Waals surface area contributed by atoms with E-state index in [1.807, 2.05) is 48.0 Å². The van der Waals surface area contributed by atoms with Crippen molar-refractivity contribution in [3.63, 3.8) is 0 Å². The molecule has 2 aromatic heterocycles. The summed E-state index contributed by atoms with van der Waals surface area (Å²) in [6.45, 7) is 2.54. The maximum absolute atomic E-state index is 12.7. The number of aryl methyl sites for hydroxylation is 1. The summed E-state index contributed by atoms with van der Waals surface area (Å²) >= 11 is 1.36. The number of fused-ring (bicyclic) bond motifs is 3. The van der Waals surface area contributed by atoms with Crippen LogP contribution in [0.25, 0.3) is 4.96 Å². The van der Waals surface area contributed by atoms with E-state index in [1.54, 1.807) is 4.40 Å². The fourth-order valence-corrected chi connectivity index (χ4v) is 4.57. The molecule has 1 aliphatic heterocycles. The summed E-state index contributed by atoms with van der Waals surface area (Å²) in [5.41, 5.74) is 3.43. The molecule has 1 amide bonds. The van der Waals surface area contributed by atoms with Crippen LogP contribution >= 0.6 is 11.3 Å². The van der Waals surface area contributed by atoms with Gasteiger partial charge in [-0.3, -0.25) is 14.0 Å². The van der Waals surface area contributed by atoms with Gasteiger partial charge in [0.15, 0.2) is 4.96 Å². The molecule has 0 fully saturated rings. The number of hydrogen-bond acceptors (Lipinski definition) is 5. The van der Waals surface area contributed by atoms with Crippen molar-refractivity contribution >= 4 is 28.0 Å². The maximum atomic E-state index is 12.7. The number of hydrogen-bond donors (Lipinski definition) is 1. The van der Waals surface area contributed by atoms with Gasteiger partial charge in [0.2, 0.25) is 5.91 Å². The van der Waals surface area contributed by atoms with E-state index >= 15 is 0 Å². The van der Waals surface area contributed by atoms with Crippen molar-refractivity contribution < 1.29 is 9.53 Å². The van der Waals surface area contributed by atoms with Crippen LogP contribution in [0.5, 0.6) is 5.75 Å². The van der Waals surface area contributed by atoms with Crippen molar-refractivity contribution in [2.45, 2.75) is 25.9 Å². The van der Waals surface area contributed by atoms with E-state index in [1.165, 1.54) is 16.9 Å². The summed E-state index contributed by atoms with van der Waals surface area (Å²) in [6.07, 6.45) is 2.03. The molecule has 150 valence electrons. The molecule has 30 heavy (non-hydrogen) atoms. The molecular formula is C23H19N3O3S. The number of amides is 1. The monoisotopic (exact) mass is 417 g/mol. The van der Waals surface area contributed by atoms with Gasteiger partial charge in [-0.2, -0.15) is 4.98 Å². The molecule has 1 aliphatic rings. The quantitative estimate of drug-likeness (QED) is 0.542. The molecule has 3 heterocycles. The van der Waals surface area contributed by atoms with Gasteiger partial charge >= 0.3 is 0 Å². The van der Waals surface area contributed by atoms with Crippen molar-refractivity contribution in [1.29, 1.82) is 0 Å². The third-order valence-corrected chi connectivity index (χ3v) is 6.04. The number of thiazole rings is 1. The second-order valence-electron chi connectivity index (χ2n) is 7.39. The minimum absolute atomic E-state index is 0.113. The Morgan fingerprint density at radius 2 is 2.03 bits per heavy atom. The molecular weight excluding hydrogens is 398 g/mol. The van der Waals surface area contributed by atoms with Crippen LogP contribution in [0.1, 0.15) is 34.6 Å². The molecule has 0 unspecified atom stereocenters. The number of ether oxygens (including phenoxy) is 1. The molecule has 6 nitrogen and oxygen atoms in total. The lowest BCUT2D eigenvalue weighted by molar-refractivity contribution is -0.116. The van der Waals surface area contributed by atoms with Gasteiger partial charge in [-0.1, -0.05) is 42.0 Å². The molecule has 4 aromatic rings. The number of carbonyl (C=O) groups is 1. The van der Waals surface area contributed by atoms with E-state index in [9.17, 15) is 9.59 Å². The third kappa shape index (κ3) is 3.37. The second-order valence-corrected chi connectivity index (χ2v) is 8.26. The zero-order valence-corrected chi connectivity index (χ0v) is 17.1. The molecule has 0 saturated heterocycles. The molecule has 5 rings (SSSR count). The average molecular weight is 417 g/mol. The highest BCUT2D eigenvalue weighted by Crippen LogP contribution is 2.36. The van der Waals surface area contributed by atoms with E-state index in [4.69, 9.17) is 4.74 Å². The number of carbonyl (C=O) groups excluding carboxylic acids is 1. The number of nitrogens with zero attached hydrogens (tertiary/aromatic N) is 2. The summed E-state index contributed by atoms with van der Waals surface area (Å²) in [4.78, 5) is 29.9. The predicted molar refractivity (Wildman–Crippen MR) is 116 cm³/mol. The molecule has 2 aromatic carbocycles. The third-order valence-electron chi connectivity index (χ3n) is 5.28. The lowest BCUT2D eigenvalue weighted by atomic mass is 9.87. The number of anilines is 1. The number of rotatable bonds is 4. The smallest absolute Gasteiger partial charge is 0.279 e. The van der Waals surface area contributed by atoms with Crippen LogP contribution in [0.4, 0.5) is 5.82 Å². The molecule has 7 heteroatoms. The maximum Gasteiger partial charge on any atom is 0.279 e. The molecule has 0 spiro atoms. The van der Waals surface area contributed by atoms with Crippen molar-refractivity contribution in [3.8, 4) is 5.75 Å². The Bertz CT molecular complexity index is 1310. The van der Waals surface area contributed by atoms with Crippen LogP contribution < -0.4 is 15.6 Å². The van der Waals surface area contributed by atoms with Gasteiger partial charge in [0, 0.05) is 23.9 Å². The zero-order valence-electron chi connectivity index (χ0n) is 16.3. The van der Waals surface area contributed by atoms with Crippen LogP contribution in [-0.2, 0) is 11.4 Å². The van der Waals surface area contributed by atoms with E-state index in [-0.39, 0.29) is 23.8 Å². The SMILES string of the molecule is Cc1cccc(COc2ccc([C@H]3CC(=O)Nc4c3c(=O)nc3sccn43)cc2)c1. The molecule has 1 N–H and O–H groups in total. The highest BCUT2D eigenvalue weighted by molar-refractivity contribution is 7.15. The molecule has 0 radical (unpaired) electrons. The van der Waals surface area contributed by atoms with Crippen molar-refractivity contribution in [3.05, 3.63) is 92.7 Å². The Kier molecular flexibility index (Phi) is 4.59. The summed E-state index contributed by atoms with van der Waals surface area (Å²) < 4.78 is 7.66. The largest absolute Gasteiger partial charge is 0.489 e. The van der Waals surface area contributed by atoms with Crippen LogP contribution in [0, 0.1) is 6.92 Å².